The Morgan fingerprint density at radius 2 is 2.29 bits per heavy atom. The van der Waals surface area contributed by atoms with E-state index in [4.69, 9.17) is 0 Å². The van der Waals surface area contributed by atoms with E-state index >= 15 is 0 Å². The van der Waals surface area contributed by atoms with Crippen molar-refractivity contribution >= 4 is 17.7 Å². The van der Waals surface area contributed by atoms with E-state index in [-0.39, 0.29) is 17.9 Å². The van der Waals surface area contributed by atoms with Crippen LogP contribution in [0.15, 0.2) is 0 Å². The van der Waals surface area contributed by atoms with Crippen LogP contribution in [-0.2, 0) is 4.79 Å². The molecule has 1 amide bonds. The van der Waals surface area contributed by atoms with Gasteiger partial charge < -0.3 is 10.0 Å². The zero-order valence-corrected chi connectivity index (χ0v) is 11.9. The number of likely N-dealkylation sites (tertiary alicyclic amines) is 1. The third-order valence-electron chi connectivity index (χ3n) is 3.65. The molecule has 17 heavy (non-hydrogen) atoms. The van der Waals surface area contributed by atoms with Gasteiger partial charge in [0.05, 0.1) is 6.61 Å². The van der Waals surface area contributed by atoms with Gasteiger partial charge in [0.1, 0.15) is 0 Å². The van der Waals surface area contributed by atoms with Crippen molar-refractivity contribution in [2.24, 2.45) is 5.41 Å². The van der Waals surface area contributed by atoms with Gasteiger partial charge >= 0.3 is 0 Å². The van der Waals surface area contributed by atoms with Crippen LogP contribution >= 0.6 is 11.8 Å². The lowest BCUT2D eigenvalue weighted by molar-refractivity contribution is -0.135. The van der Waals surface area contributed by atoms with Gasteiger partial charge in [0.2, 0.25) is 5.91 Å². The molecule has 1 aliphatic heterocycles. The lowest BCUT2D eigenvalue weighted by atomic mass is 9.77. The van der Waals surface area contributed by atoms with Crippen molar-refractivity contribution in [3.05, 3.63) is 0 Å². The third kappa shape index (κ3) is 4.18. The summed E-state index contributed by atoms with van der Waals surface area (Å²) < 4.78 is 0. The minimum absolute atomic E-state index is 0.0258. The maximum Gasteiger partial charge on any atom is 0.223 e. The molecule has 4 heteroatoms. The molecule has 0 aromatic heterocycles. The molecule has 100 valence electrons. The molecule has 0 aliphatic carbocycles. The number of thioether (sulfide) groups is 1. The van der Waals surface area contributed by atoms with Crippen molar-refractivity contribution in [1.82, 2.24) is 4.90 Å². The third-order valence-corrected chi connectivity index (χ3v) is 4.26. The molecule has 0 radical (unpaired) electrons. The Labute approximate surface area is 109 Å². The van der Waals surface area contributed by atoms with Crippen molar-refractivity contribution in [2.45, 2.75) is 39.0 Å². The highest BCUT2D eigenvalue weighted by Crippen LogP contribution is 2.34. The molecule has 1 heterocycles. The summed E-state index contributed by atoms with van der Waals surface area (Å²) in [4.78, 5) is 14.0. The van der Waals surface area contributed by atoms with E-state index in [9.17, 15) is 9.90 Å². The van der Waals surface area contributed by atoms with Crippen molar-refractivity contribution in [2.75, 3.05) is 31.7 Å². The van der Waals surface area contributed by atoms with Gasteiger partial charge in [-0.2, -0.15) is 11.8 Å². The SMILES string of the molecule is CCCC1(CO)CCCN(C(=O)CCSC)C1. The minimum Gasteiger partial charge on any atom is -0.396 e. The molecule has 0 aromatic carbocycles. The summed E-state index contributed by atoms with van der Waals surface area (Å²) in [5.74, 6) is 1.16. The van der Waals surface area contributed by atoms with Gasteiger partial charge in [-0.25, -0.2) is 0 Å². The Morgan fingerprint density at radius 3 is 2.88 bits per heavy atom. The average Bonchev–Trinajstić information content (AvgIpc) is 2.36. The summed E-state index contributed by atoms with van der Waals surface area (Å²) in [7, 11) is 0. The van der Waals surface area contributed by atoms with Crippen LogP contribution in [0.2, 0.25) is 0 Å². The van der Waals surface area contributed by atoms with Crippen LogP contribution in [0.25, 0.3) is 0 Å². The highest BCUT2D eigenvalue weighted by molar-refractivity contribution is 7.98. The first-order valence-corrected chi connectivity index (χ1v) is 7.94. The van der Waals surface area contributed by atoms with Crippen molar-refractivity contribution < 1.29 is 9.90 Å². The smallest absolute Gasteiger partial charge is 0.223 e. The number of rotatable bonds is 6. The van der Waals surface area contributed by atoms with Gasteiger partial charge in [0.15, 0.2) is 0 Å². The lowest BCUT2D eigenvalue weighted by Crippen LogP contribution is -2.47. The Kier molecular flexibility index (Phi) is 6.34. The molecule has 0 saturated carbocycles. The summed E-state index contributed by atoms with van der Waals surface area (Å²) in [6.07, 6.45) is 6.85. The predicted molar refractivity (Wildman–Crippen MR) is 73.2 cm³/mol. The monoisotopic (exact) mass is 259 g/mol. The molecule has 0 bridgehead atoms. The Hall–Kier alpha value is -0.220. The first-order chi connectivity index (χ1) is 8.17. The van der Waals surface area contributed by atoms with Crippen LogP contribution in [0.5, 0.6) is 0 Å². The van der Waals surface area contributed by atoms with Gasteiger partial charge in [-0.1, -0.05) is 13.3 Å². The number of carbonyl (C=O) groups is 1. The topological polar surface area (TPSA) is 40.5 Å². The van der Waals surface area contributed by atoms with Crippen molar-refractivity contribution in [3.8, 4) is 0 Å². The number of aliphatic hydroxyl groups excluding tert-OH is 1. The minimum atomic E-state index is -0.0258. The average molecular weight is 259 g/mol. The largest absolute Gasteiger partial charge is 0.396 e. The molecule has 1 aliphatic rings. The fraction of sp³-hybridized carbons (Fsp3) is 0.923. The zero-order valence-electron chi connectivity index (χ0n) is 11.1. The van der Waals surface area contributed by atoms with E-state index in [1.807, 2.05) is 11.2 Å². The standard InChI is InChI=1S/C13H25NO2S/c1-3-6-13(11-15)7-4-8-14(10-13)12(16)5-9-17-2/h15H,3-11H2,1-2H3. The van der Waals surface area contributed by atoms with Crippen LogP contribution in [0.3, 0.4) is 0 Å². The fourth-order valence-electron chi connectivity index (χ4n) is 2.71. The van der Waals surface area contributed by atoms with Crippen molar-refractivity contribution in [1.29, 1.82) is 0 Å². The molecule has 1 rings (SSSR count). The first-order valence-electron chi connectivity index (χ1n) is 6.55. The van der Waals surface area contributed by atoms with Gasteiger partial charge in [-0.15, -0.1) is 0 Å². The lowest BCUT2D eigenvalue weighted by Gasteiger charge is -2.42. The van der Waals surface area contributed by atoms with Crippen LogP contribution in [0.1, 0.15) is 39.0 Å². The van der Waals surface area contributed by atoms with Gasteiger partial charge in [0, 0.05) is 30.7 Å². The maximum absolute atomic E-state index is 12.0. The number of hydrogen-bond acceptors (Lipinski definition) is 3. The summed E-state index contributed by atoms with van der Waals surface area (Å²) >= 11 is 1.71. The molecular weight excluding hydrogens is 234 g/mol. The summed E-state index contributed by atoms with van der Waals surface area (Å²) in [6, 6.07) is 0. The summed E-state index contributed by atoms with van der Waals surface area (Å²) in [5.41, 5.74) is -0.0258. The molecular formula is C13H25NO2S. The fourth-order valence-corrected chi connectivity index (χ4v) is 3.09. The summed E-state index contributed by atoms with van der Waals surface area (Å²) in [5, 5.41) is 9.61. The van der Waals surface area contributed by atoms with E-state index in [0.29, 0.717) is 6.42 Å². The molecule has 1 atom stereocenters. The van der Waals surface area contributed by atoms with E-state index in [2.05, 4.69) is 6.92 Å². The molecule has 1 fully saturated rings. The zero-order chi connectivity index (χ0) is 12.7. The summed E-state index contributed by atoms with van der Waals surface area (Å²) in [6.45, 7) is 3.99. The first kappa shape index (κ1) is 14.8. The number of carbonyl (C=O) groups excluding carboxylic acids is 1. The highest BCUT2D eigenvalue weighted by atomic mass is 32.2. The Morgan fingerprint density at radius 1 is 1.53 bits per heavy atom. The van der Waals surface area contributed by atoms with Gasteiger partial charge in [0.25, 0.3) is 0 Å². The van der Waals surface area contributed by atoms with Crippen LogP contribution in [0.4, 0.5) is 0 Å². The van der Waals surface area contributed by atoms with Crippen molar-refractivity contribution in [3.63, 3.8) is 0 Å². The van der Waals surface area contributed by atoms with E-state index in [0.717, 1.165) is 44.5 Å². The second-order valence-corrected chi connectivity index (χ2v) is 6.06. The van der Waals surface area contributed by atoms with E-state index < -0.39 is 0 Å². The molecule has 1 N–H and O–H groups in total. The number of nitrogens with zero attached hydrogens (tertiary/aromatic N) is 1. The van der Waals surface area contributed by atoms with E-state index in [1.54, 1.807) is 11.8 Å². The number of aliphatic hydroxyl groups is 1. The second kappa shape index (κ2) is 7.27. The Balaban J connectivity index is 2.55. The van der Waals surface area contributed by atoms with Crippen LogP contribution < -0.4 is 0 Å². The number of piperidine rings is 1. The van der Waals surface area contributed by atoms with E-state index in [1.165, 1.54) is 0 Å². The number of hydrogen-bond donors (Lipinski definition) is 1. The normalized spacial score (nSPS) is 25.0. The molecule has 3 nitrogen and oxygen atoms in total. The second-order valence-electron chi connectivity index (χ2n) is 5.07. The Bertz CT molecular complexity index is 244. The highest BCUT2D eigenvalue weighted by Gasteiger charge is 2.35. The molecule has 1 unspecified atom stereocenters. The van der Waals surface area contributed by atoms with Gasteiger partial charge in [-0.05, 0) is 25.5 Å². The van der Waals surface area contributed by atoms with Gasteiger partial charge in [-0.3, -0.25) is 4.79 Å². The maximum atomic E-state index is 12.0. The predicted octanol–water partition coefficient (Wildman–Crippen LogP) is 2.14. The quantitative estimate of drug-likeness (QED) is 0.794. The van der Waals surface area contributed by atoms with Crippen LogP contribution in [-0.4, -0.2) is 47.6 Å². The number of amides is 1. The molecule has 0 aromatic rings. The molecule has 1 saturated heterocycles. The van der Waals surface area contributed by atoms with Crippen LogP contribution in [0, 0.1) is 5.41 Å². The molecule has 0 spiro atoms.